The van der Waals surface area contributed by atoms with Gasteiger partial charge in [-0.2, -0.15) is 0 Å². The molecule has 0 saturated carbocycles. The number of rotatable bonds is 9. The number of nitrogens with one attached hydrogen (secondary N) is 1. The summed E-state index contributed by atoms with van der Waals surface area (Å²) in [6, 6.07) is 0.510. The molecular weight excluding hydrogens is 196 g/mol. The zero-order chi connectivity index (χ0) is 12.4. The van der Waals surface area contributed by atoms with Crippen molar-refractivity contribution >= 4 is 5.71 Å². The van der Waals surface area contributed by atoms with Crippen LogP contribution in [0.3, 0.4) is 0 Å². The summed E-state index contributed by atoms with van der Waals surface area (Å²) < 4.78 is 0. The predicted molar refractivity (Wildman–Crippen MR) is 74.1 cm³/mol. The number of aliphatic imine (C=N–C) groups is 1. The molecular formula is C14H28N2. The largest absolute Gasteiger partial charge is 0.387 e. The van der Waals surface area contributed by atoms with Gasteiger partial charge in [-0.25, -0.2) is 0 Å². The van der Waals surface area contributed by atoms with E-state index in [1.165, 1.54) is 37.1 Å². The van der Waals surface area contributed by atoms with E-state index in [9.17, 15) is 0 Å². The number of nitrogens with zero attached hydrogens (tertiary/aromatic N) is 1. The zero-order valence-corrected chi connectivity index (χ0v) is 11.5. The molecule has 94 valence electrons. The molecule has 0 bridgehead atoms. The average molecular weight is 224 g/mol. The first kappa shape index (κ1) is 15.2. The van der Waals surface area contributed by atoms with Crippen molar-refractivity contribution in [2.24, 2.45) is 4.99 Å². The van der Waals surface area contributed by atoms with Crippen molar-refractivity contribution in [3.05, 3.63) is 12.3 Å². The van der Waals surface area contributed by atoms with Gasteiger partial charge in [-0.1, -0.05) is 19.4 Å². The fourth-order valence-corrected chi connectivity index (χ4v) is 1.66. The van der Waals surface area contributed by atoms with E-state index in [-0.39, 0.29) is 0 Å². The van der Waals surface area contributed by atoms with Gasteiger partial charge in [0.1, 0.15) is 0 Å². The van der Waals surface area contributed by atoms with Crippen LogP contribution in [0.25, 0.3) is 0 Å². The van der Waals surface area contributed by atoms with Crippen LogP contribution in [0.2, 0.25) is 0 Å². The maximum Gasteiger partial charge on any atom is 0.0276 e. The minimum absolute atomic E-state index is 0.510. The van der Waals surface area contributed by atoms with Crippen molar-refractivity contribution in [3.63, 3.8) is 0 Å². The smallest absolute Gasteiger partial charge is 0.0276 e. The Kier molecular flexibility index (Phi) is 8.97. The number of hydrogen-bond donors (Lipinski definition) is 1. The van der Waals surface area contributed by atoms with E-state index in [1.807, 2.05) is 7.05 Å². The van der Waals surface area contributed by atoms with Crippen LogP contribution in [0.5, 0.6) is 0 Å². The van der Waals surface area contributed by atoms with E-state index < -0.39 is 0 Å². The lowest BCUT2D eigenvalue weighted by Crippen LogP contribution is -2.21. The fraction of sp³-hybridized carbons (Fsp3) is 0.786. The third-order valence-electron chi connectivity index (χ3n) is 2.64. The van der Waals surface area contributed by atoms with E-state index in [2.05, 4.69) is 37.7 Å². The highest BCUT2D eigenvalue weighted by molar-refractivity contribution is 5.81. The number of allylic oxidation sites excluding steroid dienone is 1. The third-order valence-corrected chi connectivity index (χ3v) is 2.64. The molecule has 0 aliphatic carbocycles. The molecule has 16 heavy (non-hydrogen) atoms. The Balaban J connectivity index is 3.30. The Morgan fingerprint density at radius 2 is 1.69 bits per heavy atom. The molecule has 0 radical (unpaired) electrons. The molecule has 0 unspecified atom stereocenters. The second-order valence-corrected chi connectivity index (χ2v) is 4.78. The van der Waals surface area contributed by atoms with Crippen molar-refractivity contribution in [2.75, 3.05) is 7.05 Å². The standard InChI is InChI=1S/C14H28N2/c1-12(2)16-14(4)11-9-7-6-8-10-13(3)15-5/h12,16H,4,6-11H2,1-3,5H3. The maximum absolute atomic E-state index is 4.16. The van der Waals surface area contributed by atoms with Gasteiger partial charge in [0.25, 0.3) is 0 Å². The van der Waals surface area contributed by atoms with Gasteiger partial charge in [-0.15, -0.1) is 0 Å². The van der Waals surface area contributed by atoms with Gasteiger partial charge < -0.3 is 5.32 Å². The quantitative estimate of drug-likeness (QED) is 0.466. The molecule has 0 aromatic heterocycles. The molecule has 0 aromatic carbocycles. The Labute approximate surface area is 101 Å². The monoisotopic (exact) mass is 224 g/mol. The van der Waals surface area contributed by atoms with Crippen molar-refractivity contribution in [1.82, 2.24) is 5.32 Å². The van der Waals surface area contributed by atoms with Crippen molar-refractivity contribution in [1.29, 1.82) is 0 Å². The summed E-state index contributed by atoms with van der Waals surface area (Å²) >= 11 is 0. The van der Waals surface area contributed by atoms with E-state index in [0.29, 0.717) is 6.04 Å². The van der Waals surface area contributed by atoms with Crippen LogP contribution in [0.1, 0.15) is 59.3 Å². The average Bonchev–Trinajstić information content (AvgIpc) is 2.21. The molecule has 0 amide bonds. The lowest BCUT2D eigenvalue weighted by Gasteiger charge is -2.12. The van der Waals surface area contributed by atoms with Crippen molar-refractivity contribution in [3.8, 4) is 0 Å². The molecule has 0 aromatic rings. The van der Waals surface area contributed by atoms with Crippen LogP contribution in [0.4, 0.5) is 0 Å². The van der Waals surface area contributed by atoms with E-state index in [1.54, 1.807) is 0 Å². The van der Waals surface area contributed by atoms with Gasteiger partial charge in [0.15, 0.2) is 0 Å². The highest BCUT2D eigenvalue weighted by Gasteiger charge is 1.97. The van der Waals surface area contributed by atoms with Crippen LogP contribution in [-0.2, 0) is 0 Å². The molecule has 0 aliphatic heterocycles. The normalized spacial score (nSPS) is 11.9. The second-order valence-electron chi connectivity index (χ2n) is 4.78. The first-order valence-electron chi connectivity index (χ1n) is 6.42. The molecule has 0 spiro atoms. The lowest BCUT2D eigenvalue weighted by atomic mass is 10.1. The third kappa shape index (κ3) is 9.75. The molecule has 1 N–H and O–H groups in total. The predicted octanol–water partition coefficient (Wildman–Crippen LogP) is 3.93. The Morgan fingerprint density at radius 1 is 1.12 bits per heavy atom. The van der Waals surface area contributed by atoms with Gasteiger partial charge in [0, 0.05) is 24.5 Å². The maximum atomic E-state index is 4.16. The Morgan fingerprint density at radius 3 is 2.19 bits per heavy atom. The van der Waals surface area contributed by atoms with Gasteiger partial charge in [0.2, 0.25) is 0 Å². The van der Waals surface area contributed by atoms with Crippen LogP contribution < -0.4 is 5.32 Å². The van der Waals surface area contributed by atoms with E-state index >= 15 is 0 Å². The molecule has 2 nitrogen and oxygen atoms in total. The summed E-state index contributed by atoms with van der Waals surface area (Å²) in [4.78, 5) is 4.16. The number of hydrogen-bond acceptors (Lipinski definition) is 2. The van der Waals surface area contributed by atoms with E-state index in [4.69, 9.17) is 0 Å². The van der Waals surface area contributed by atoms with Crippen LogP contribution in [0, 0.1) is 0 Å². The summed E-state index contributed by atoms with van der Waals surface area (Å²) in [5.74, 6) is 0. The summed E-state index contributed by atoms with van der Waals surface area (Å²) in [6.45, 7) is 10.4. The van der Waals surface area contributed by atoms with Crippen molar-refractivity contribution in [2.45, 2.75) is 65.3 Å². The Hall–Kier alpha value is -0.790. The molecule has 0 aliphatic rings. The molecule has 0 atom stereocenters. The highest BCUT2D eigenvalue weighted by Crippen LogP contribution is 2.09. The summed E-state index contributed by atoms with van der Waals surface area (Å²) in [5, 5.41) is 3.35. The fourth-order valence-electron chi connectivity index (χ4n) is 1.66. The SMILES string of the molecule is C=C(CCCCCCC(C)=NC)NC(C)C. The highest BCUT2D eigenvalue weighted by atomic mass is 14.9. The topological polar surface area (TPSA) is 24.4 Å². The minimum atomic E-state index is 0.510. The molecule has 2 heteroatoms. The van der Waals surface area contributed by atoms with Crippen LogP contribution in [-0.4, -0.2) is 18.8 Å². The van der Waals surface area contributed by atoms with Crippen LogP contribution >= 0.6 is 0 Å². The van der Waals surface area contributed by atoms with Gasteiger partial charge in [0.05, 0.1) is 0 Å². The van der Waals surface area contributed by atoms with Gasteiger partial charge in [-0.05, 0) is 46.5 Å². The summed E-state index contributed by atoms with van der Waals surface area (Å²) in [6.07, 6.45) is 7.40. The molecule has 0 heterocycles. The first-order chi connectivity index (χ1) is 7.56. The van der Waals surface area contributed by atoms with Gasteiger partial charge in [-0.3, -0.25) is 4.99 Å². The number of unbranched alkanes of at least 4 members (excludes halogenated alkanes) is 3. The minimum Gasteiger partial charge on any atom is -0.387 e. The Bertz CT molecular complexity index is 217. The first-order valence-corrected chi connectivity index (χ1v) is 6.42. The van der Waals surface area contributed by atoms with Crippen molar-refractivity contribution < 1.29 is 0 Å². The van der Waals surface area contributed by atoms with Crippen LogP contribution in [0.15, 0.2) is 17.3 Å². The molecule has 0 rings (SSSR count). The van der Waals surface area contributed by atoms with Gasteiger partial charge >= 0.3 is 0 Å². The second kappa shape index (κ2) is 9.44. The molecule has 0 saturated heterocycles. The summed E-state index contributed by atoms with van der Waals surface area (Å²) in [5.41, 5.74) is 2.45. The van der Waals surface area contributed by atoms with E-state index in [0.717, 1.165) is 12.8 Å². The summed E-state index contributed by atoms with van der Waals surface area (Å²) in [7, 11) is 1.87. The lowest BCUT2D eigenvalue weighted by molar-refractivity contribution is 0.599. The molecule has 0 fully saturated rings. The zero-order valence-electron chi connectivity index (χ0n) is 11.5.